The predicted molar refractivity (Wildman–Crippen MR) is 83.0 cm³/mol. The Balaban J connectivity index is 1.81. The number of tetrazole rings is 1. The number of hydrogen-bond donors (Lipinski definition) is 2. The first kappa shape index (κ1) is 14.4. The fraction of sp³-hybridized carbons (Fsp3) is 0.143. The lowest BCUT2D eigenvalue weighted by Crippen LogP contribution is -2.19. The van der Waals surface area contributed by atoms with E-state index in [1.807, 2.05) is 19.1 Å². The molecule has 23 heavy (non-hydrogen) atoms. The predicted octanol–water partition coefficient (Wildman–Crippen LogP) is 1.29. The quantitative estimate of drug-likeness (QED) is 0.820. The van der Waals surface area contributed by atoms with Crippen LogP contribution in [0.2, 0.25) is 0 Å². The van der Waals surface area contributed by atoms with Gasteiger partial charge in [-0.15, -0.1) is 10.2 Å². The van der Waals surface area contributed by atoms with E-state index in [1.54, 1.807) is 18.2 Å². The van der Waals surface area contributed by atoms with Crippen LogP contribution in [-0.2, 0) is 4.79 Å². The summed E-state index contributed by atoms with van der Waals surface area (Å²) < 4.78 is 0. The summed E-state index contributed by atoms with van der Waals surface area (Å²) in [7, 11) is 0. The lowest BCUT2D eigenvalue weighted by atomic mass is 10.2. The maximum absolute atomic E-state index is 11.9. The van der Waals surface area contributed by atoms with Gasteiger partial charge in [-0.25, -0.2) is 5.01 Å². The zero-order valence-electron chi connectivity index (χ0n) is 12.2. The first-order valence-corrected chi connectivity index (χ1v) is 6.75. The minimum atomic E-state index is -0.0697. The highest BCUT2D eigenvalue weighted by atomic mass is 16.2. The standard InChI is InChI=1S/C14H12N8O/c1-9-5-13(23)22(19-9)12-4-2-3-11(6-12)16-8-10(7-15)14-17-20-21-18-14/h2-4,6,8,16H,5H2,1H3,(H,17,18,20,21). The maximum atomic E-state index is 11.9. The highest BCUT2D eigenvalue weighted by molar-refractivity contribution is 6.12. The third kappa shape index (κ3) is 3.06. The Morgan fingerprint density at radius 2 is 2.39 bits per heavy atom. The van der Waals surface area contributed by atoms with Gasteiger partial charge in [0, 0.05) is 17.6 Å². The molecule has 9 nitrogen and oxygen atoms in total. The molecule has 0 saturated carbocycles. The molecule has 0 aliphatic carbocycles. The van der Waals surface area contributed by atoms with Crippen LogP contribution in [0.3, 0.4) is 0 Å². The molecule has 2 N–H and O–H groups in total. The van der Waals surface area contributed by atoms with E-state index in [4.69, 9.17) is 5.26 Å². The monoisotopic (exact) mass is 308 g/mol. The Hall–Kier alpha value is -3.54. The zero-order valence-corrected chi connectivity index (χ0v) is 12.2. The number of H-pyrrole nitrogens is 1. The summed E-state index contributed by atoms with van der Waals surface area (Å²) in [6.45, 7) is 1.81. The van der Waals surface area contributed by atoms with Crippen molar-refractivity contribution >= 4 is 28.6 Å². The third-order valence-corrected chi connectivity index (χ3v) is 3.09. The second kappa shape index (κ2) is 6.07. The van der Waals surface area contributed by atoms with E-state index in [9.17, 15) is 4.79 Å². The summed E-state index contributed by atoms with van der Waals surface area (Å²) >= 11 is 0. The van der Waals surface area contributed by atoms with E-state index in [2.05, 4.69) is 31.0 Å². The maximum Gasteiger partial charge on any atom is 0.253 e. The molecule has 0 fully saturated rings. The third-order valence-electron chi connectivity index (χ3n) is 3.09. The van der Waals surface area contributed by atoms with Gasteiger partial charge in [-0.1, -0.05) is 6.07 Å². The van der Waals surface area contributed by atoms with Crippen molar-refractivity contribution in [1.29, 1.82) is 5.26 Å². The first-order chi connectivity index (χ1) is 11.2. The molecule has 1 amide bonds. The average Bonchev–Trinajstić information content (AvgIpc) is 3.18. The van der Waals surface area contributed by atoms with Crippen molar-refractivity contribution in [1.82, 2.24) is 20.6 Å². The number of hydrogen-bond acceptors (Lipinski definition) is 7. The van der Waals surface area contributed by atoms with Crippen molar-refractivity contribution in [2.24, 2.45) is 5.10 Å². The Morgan fingerprint density at radius 3 is 3.04 bits per heavy atom. The van der Waals surface area contributed by atoms with Crippen molar-refractivity contribution < 1.29 is 4.79 Å². The van der Waals surface area contributed by atoms with Crippen molar-refractivity contribution in [2.75, 3.05) is 10.3 Å². The molecule has 0 radical (unpaired) electrons. The second-order valence-corrected chi connectivity index (χ2v) is 4.82. The molecule has 1 aliphatic heterocycles. The fourth-order valence-corrected chi connectivity index (χ4v) is 2.06. The van der Waals surface area contributed by atoms with E-state index in [1.165, 1.54) is 11.2 Å². The summed E-state index contributed by atoms with van der Waals surface area (Å²) in [6, 6.07) is 9.14. The SMILES string of the molecule is CC1=NN(c2cccc(NC=C(C#N)c3nn[nH]n3)c2)C(=O)C1. The molecular weight excluding hydrogens is 296 g/mol. The molecule has 1 aromatic heterocycles. The summed E-state index contributed by atoms with van der Waals surface area (Å²) in [5.74, 6) is 0.130. The molecule has 0 unspecified atom stereocenters. The minimum absolute atomic E-state index is 0.0697. The molecule has 9 heteroatoms. The first-order valence-electron chi connectivity index (χ1n) is 6.75. The van der Waals surface area contributed by atoms with Gasteiger partial charge in [0.25, 0.3) is 5.91 Å². The molecule has 0 saturated heterocycles. The number of amides is 1. The Labute approximate surface area is 131 Å². The van der Waals surface area contributed by atoms with Gasteiger partial charge in [-0.3, -0.25) is 4.79 Å². The van der Waals surface area contributed by atoms with Gasteiger partial charge in [0.2, 0.25) is 5.82 Å². The van der Waals surface area contributed by atoms with E-state index < -0.39 is 0 Å². The molecule has 3 rings (SSSR count). The number of nitrogens with zero attached hydrogens (tertiary/aromatic N) is 6. The largest absolute Gasteiger partial charge is 0.360 e. The van der Waals surface area contributed by atoms with E-state index in [0.29, 0.717) is 17.8 Å². The van der Waals surface area contributed by atoms with Gasteiger partial charge in [-0.05, 0) is 30.3 Å². The van der Waals surface area contributed by atoms with Crippen LogP contribution in [0.25, 0.3) is 5.57 Å². The van der Waals surface area contributed by atoms with Gasteiger partial charge in [0.15, 0.2) is 0 Å². The Morgan fingerprint density at radius 1 is 1.52 bits per heavy atom. The molecule has 1 aromatic carbocycles. The number of carbonyl (C=O) groups is 1. The number of carbonyl (C=O) groups excluding carboxylic acids is 1. The number of rotatable bonds is 4. The fourth-order valence-electron chi connectivity index (χ4n) is 2.06. The normalized spacial score (nSPS) is 14.6. The Kier molecular flexibility index (Phi) is 3.80. The Bertz CT molecular complexity index is 831. The van der Waals surface area contributed by atoms with Crippen LogP contribution in [0.1, 0.15) is 19.2 Å². The molecule has 0 atom stereocenters. The van der Waals surface area contributed by atoms with Crippen molar-refractivity contribution in [3.8, 4) is 6.07 Å². The number of hydrazone groups is 1. The number of nitriles is 1. The van der Waals surface area contributed by atoms with E-state index in [-0.39, 0.29) is 17.3 Å². The van der Waals surface area contributed by atoms with Crippen LogP contribution >= 0.6 is 0 Å². The van der Waals surface area contributed by atoms with Crippen LogP contribution in [0, 0.1) is 11.3 Å². The zero-order chi connectivity index (χ0) is 16.2. The van der Waals surface area contributed by atoms with Crippen LogP contribution in [0.5, 0.6) is 0 Å². The molecule has 1 aliphatic rings. The second-order valence-electron chi connectivity index (χ2n) is 4.82. The lowest BCUT2D eigenvalue weighted by molar-refractivity contribution is -0.116. The lowest BCUT2D eigenvalue weighted by Gasteiger charge is -2.13. The summed E-state index contributed by atoms with van der Waals surface area (Å²) in [6.07, 6.45) is 1.80. The summed E-state index contributed by atoms with van der Waals surface area (Å²) in [4.78, 5) is 11.9. The summed E-state index contributed by atoms with van der Waals surface area (Å²) in [5.41, 5.74) is 2.36. The molecule has 2 heterocycles. The van der Waals surface area contributed by atoms with E-state index >= 15 is 0 Å². The highest BCUT2D eigenvalue weighted by Gasteiger charge is 2.22. The summed E-state index contributed by atoms with van der Waals surface area (Å²) in [5, 5.41) is 30.9. The number of aromatic nitrogens is 4. The highest BCUT2D eigenvalue weighted by Crippen LogP contribution is 2.24. The molecule has 0 bridgehead atoms. The smallest absolute Gasteiger partial charge is 0.253 e. The van der Waals surface area contributed by atoms with E-state index in [0.717, 1.165) is 5.71 Å². The number of aromatic amines is 1. The van der Waals surface area contributed by atoms with Crippen molar-refractivity contribution in [3.05, 3.63) is 36.3 Å². The van der Waals surface area contributed by atoms with Gasteiger partial charge in [-0.2, -0.15) is 15.6 Å². The van der Waals surface area contributed by atoms with Crippen molar-refractivity contribution in [2.45, 2.75) is 13.3 Å². The molecule has 2 aromatic rings. The number of nitrogens with one attached hydrogen (secondary N) is 2. The molecule has 0 spiro atoms. The average molecular weight is 308 g/mol. The molecule has 114 valence electrons. The van der Waals surface area contributed by atoms with Gasteiger partial charge < -0.3 is 5.32 Å². The van der Waals surface area contributed by atoms with Gasteiger partial charge >= 0.3 is 0 Å². The minimum Gasteiger partial charge on any atom is -0.360 e. The topological polar surface area (TPSA) is 123 Å². The number of anilines is 2. The number of allylic oxidation sites excluding steroid dienone is 1. The van der Waals surface area contributed by atoms with Crippen LogP contribution in [-0.4, -0.2) is 32.2 Å². The van der Waals surface area contributed by atoms with Crippen LogP contribution < -0.4 is 10.3 Å². The number of benzene rings is 1. The van der Waals surface area contributed by atoms with Crippen LogP contribution in [0.15, 0.2) is 35.6 Å². The van der Waals surface area contributed by atoms with Crippen molar-refractivity contribution in [3.63, 3.8) is 0 Å². The van der Waals surface area contributed by atoms with Crippen LogP contribution in [0.4, 0.5) is 11.4 Å². The molecular formula is C14H12N8O. The van der Waals surface area contributed by atoms with Gasteiger partial charge in [0.1, 0.15) is 11.6 Å². The van der Waals surface area contributed by atoms with Gasteiger partial charge in [0.05, 0.1) is 12.1 Å².